The number of carbonyl (C=O) groups is 2. The summed E-state index contributed by atoms with van der Waals surface area (Å²) in [4.78, 5) is 26.2. The molecule has 0 aromatic heterocycles. The Labute approximate surface area is 178 Å². The zero-order valence-electron chi connectivity index (χ0n) is 16.4. The van der Waals surface area contributed by atoms with E-state index in [0.717, 1.165) is 6.07 Å². The zero-order valence-corrected chi connectivity index (χ0v) is 17.1. The molecule has 0 aliphatic carbocycles. The molecule has 1 heterocycles. The van der Waals surface area contributed by atoms with Gasteiger partial charge in [0.25, 0.3) is 5.91 Å². The molecule has 7 nitrogen and oxygen atoms in total. The van der Waals surface area contributed by atoms with Crippen LogP contribution in [0.25, 0.3) is 0 Å². The largest absolute Gasteiger partial charge is 0.493 e. The molecule has 1 saturated heterocycles. The highest BCUT2D eigenvalue weighted by Crippen LogP contribution is 2.29. The molecule has 1 aliphatic rings. The highest BCUT2D eigenvalue weighted by Gasteiger charge is 2.19. The molecule has 2 aromatic rings. The van der Waals surface area contributed by atoms with E-state index in [1.54, 1.807) is 4.90 Å². The van der Waals surface area contributed by atoms with E-state index in [0.29, 0.717) is 43.4 Å². The number of benzene rings is 2. The second kappa shape index (κ2) is 10.3. The molecule has 0 bridgehead atoms. The number of rotatable bonds is 7. The zero-order chi connectivity index (χ0) is 21.5. The van der Waals surface area contributed by atoms with Gasteiger partial charge in [0.05, 0.1) is 30.9 Å². The van der Waals surface area contributed by atoms with Crippen molar-refractivity contribution < 1.29 is 32.9 Å². The summed E-state index contributed by atoms with van der Waals surface area (Å²) in [7, 11) is 1.43. The van der Waals surface area contributed by atoms with Crippen molar-refractivity contribution in [2.75, 3.05) is 40.0 Å². The fourth-order valence-electron chi connectivity index (χ4n) is 2.82. The van der Waals surface area contributed by atoms with Crippen molar-refractivity contribution in [1.29, 1.82) is 0 Å². The Hall–Kier alpha value is -2.84. The lowest BCUT2D eigenvalue weighted by Crippen LogP contribution is -2.43. The van der Waals surface area contributed by atoms with Gasteiger partial charge >= 0.3 is 5.97 Å². The summed E-state index contributed by atoms with van der Waals surface area (Å²) in [6.07, 6.45) is 0. The van der Waals surface area contributed by atoms with E-state index in [-0.39, 0.29) is 29.7 Å². The maximum Gasteiger partial charge on any atom is 0.338 e. The van der Waals surface area contributed by atoms with E-state index in [1.165, 1.54) is 37.4 Å². The third-order valence-corrected chi connectivity index (χ3v) is 4.84. The highest BCUT2D eigenvalue weighted by atomic mass is 35.5. The van der Waals surface area contributed by atoms with Crippen molar-refractivity contribution in [3.8, 4) is 11.5 Å². The Kier molecular flexibility index (Phi) is 7.48. The predicted molar refractivity (Wildman–Crippen MR) is 106 cm³/mol. The molecule has 0 spiro atoms. The minimum absolute atomic E-state index is 0.105. The topological polar surface area (TPSA) is 74.3 Å². The van der Waals surface area contributed by atoms with Crippen LogP contribution in [0.4, 0.5) is 4.39 Å². The first kappa shape index (κ1) is 21.9. The molecule has 2 aromatic carbocycles. The second-order valence-corrected chi connectivity index (χ2v) is 6.87. The van der Waals surface area contributed by atoms with Gasteiger partial charge in [0.2, 0.25) is 0 Å². The summed E-state index contributed by atoms with van der Waals surface area (Å²) >= 11 is 5.94. The van der Waals surface area contributed by atoms with E-state index in [1.807, 2.05) is 0 Å². The Morgan fingerprint density at radius 1 is 1.13 bits per heavy atom. The Balaban J connectivity index is 1.59. The lowest BCUT2D eigenvalue weighted by Gasteiger charge is -2.26. The summed E-state index contributed by atoms with van der Waals surface area (Å²) in [5.74, 6) is -0.608. The molecule has 0 radical (unpaired) electrons. The molecule has 0 atom stereocenters. The van der Waals surface area contributed by atoms with Gasteiger partial charge in [-0.25, -0.2) is 9.18 Å². The van der Waals surface area contributed by atoms with Crippen LogP contribution in [0.3, 0.4) is 0 Å². The first-order valence-electron chi connectivity index (χ1n) is 9.25. The Morgan fingerprint density at radius 3 is 2.60 bits per heavy atom. The highest BCUT2D eigenvalue weighted by molar-refractivity contribution is 6.31. The molecule has 30 heavy (non-hydrogen) atoms. The van der Waals surface area contributed by atoms with E-state index in [4.69, 9.17) is 30.5 Å². The van der Waals surface area contributed by atoms with E-state index in [2.05, 4.69) is 0 Å². The fourth-order valence-corrected chi connectivity index (χ4v) is 3.04. The number of methoxy groups -OCH3 is 1. The maximum atomic E-state index is 13.1. The molecule has 3 rings (SSSR count). The summed E-state index contributed by atoms with van der Waals surface area (Å²) in [5.41, 5.74) is 0.719. The maximum absolute atomic E-state index is 13.1. The number of halogens is 2. The smallest absolute Gasteiger partial charge is 0.338 e. The Morgan fingerprint density at radius 2 is 1.90 bits per heavy atom. The molecular formula is C21H21ClFNO6. The third kappa shape index (κ3) is 5.61. The van der Waals surface area contributed by atoms with Crippen molar-refractivity contribution in [1.82, 2.24) is 4.90 Å². The number of amides is 1. The average Bonchev–Trinajstić information content (AvgIpc) is 2.77. The van der Waals surface area contributed by atoms with E-state index in [9.17, 15) is 14.0 Å². The van der Waals surface area contributed by atoms with Crippen molar-refractivity contribution in [3.05, 3.63) is 58.4 Å². The van der Waals surface area contributed by atoms with Crippen molar-refractivity contribution in [3.63, 3.8) is 0 Å². The van der Waals surface area contributed by atoms with Gasteiger partial charge in [-0.3, -0.25) is 4.79 Å². The number of hydrogen-bond donors (Lipinski definition) is 0. The van der Waals surface area contributed by atoms with Gasteiger partial charge in [-0.15, -0.1) is 0 Å². The number of morpholine rings is 1. The van der Waals surface area contributed by atoms with Crippen LogP contribution in [-0.4, -0.2) is 56.8 Å². The first-order valence-corrected chi connectivity index (χ1v) is 9.63. The SMILES string of the molecule is COc1cc(C(=O)OCc2ccc(F)cc2Cl)ccc1OCC(=O)N1CCOCC1. The van der Waals surface area contributed by atoms with Crippen molar-refractivity contribution >= 4 is 23.5 Å². The Bertz CT molecular complexity index is 916. The quantitative estimate of drug-likeness (QED) is 0.620. The van der Waals surface area contributed by atoms with Crippen LogP contribution in [0, 0.1) is 5.82 Å². The summed E-state index contributed by atoms with van der Waals surface area (Å²) < 4.78 is 34.4. The molecule has 1 amide bonds. The monoisotopic (exact) mass is 437 g/mol. The van der Waals surface area contributed by atoms with Gasteiger partial charge in [-0.2, -0.15) is 0 Å². The number of esters is 1. The molecule has 0 saturated carbocycles. The van der Waals surface area contributed by atoms with Crippen LogP contribution in [0.2, 0.25) is 5.02 Å². The minimum atomic E-state index is -0.607. The molecule has 1 aliphatic heterocycles. The van der Waals surface area contributed by atoms with Gasteiger partial charge in [-0.1, -0.05) is 17.7 Å². The molecule has 160 valence electrons. The van der Waals surface area contributed by atoms with Crippen LogP contribution >= 0.6 is 11.6 Å². The number of nitrogens with zero attached hydrogens (tertiary/aromatic N) is 1. The van der Waals surface area contributed by atoms with E-state index >= 15 is 0 Å². The van der Waals surface area contributed by atoms with Crippen LogP contribution in [0.1, 0.15) is 15.9 Å². The summed E-state index contributed by atoms with van der Waals surface area (Å²) in [6.45, 7) is 1.82. The van der Waals surface area contributed by atoms with Crippen LogP contribution in [0.5, 0.6) is 11.5 Å². The third-order valence-electron chi connectivity index (χ3n) is 4.49. The average molecular weight is 438 g/mol. The normalized spacial score (nSPS) is 13.6. The molecular weight excluding hydrogens is 417 g/mol. The van der Waals surface area contributed by atoms with Crippen molar-refractivity contribution in [2.45, 2.75) is 6.61 Å². The van der Waals surface area contributed by atoms with E-state index < -0.39 is 11.8 Å². The van der Waals surface area contributed by atoms with Gasteiger partial charge in [0, 0.05) is 18.7 Å². The van der Waals surface area contributed by atoms with Crippen molar-refractivity contribution in [2.24, 2.45) is 0 Å². The van der Waals surface area contributed by atoms with Gasteiger partial charge in [0.15, 0.2) is 18.1 Å². The summed E-state index contributed by atoms with van der Waals surface area (Å²) in [5, 5.41) is 0.175. The summed E-state index contributed by atoms with van der Waals surface area (Å²) in [6, 6.07) is 8.34. The molecule has 9 heteroatoms. The lowest BCUT2D eigenvalue weighted by molar-refractivity contribution is -0.137. The second-order valence-electron chi connectivity index (χ2n) is 6.46. The van der Waals surface area contributed by atoms with Crippen LogP contribution in [-0.2, 0) is 20.9 Å². The predicted octanol–water partition coefficient (Wildman–Crippen LogP) is 3.08. The standard InChI is InChI=1S/C21H21ClFNO6/c1-27-19-10-14(21(26)30-12-15-2-4-16(23)11-17(15)22)3-5-18(19)29-13-20(25)24-6-8-28-9-7-24/h2-5,10-11H,6-9,12-13H2,1H3. The molecule has 1 fully saturated rings. The van der Waals surface area contributed by atoms with Gasteiger partial charge in [0.1, 0.15) is 12.4 Å². The molecule has 0 N–H and O–H groups in total. The minimum Gasteiger partial charge on any atom is -0.493 e. The number of carbonyl (C=O) groups excluding carboxylic acids is 2. The van der Waals surface area contributed by atoms with Gasteiger partial charge in [-0.05, 0) is 30.3 Å². The fraction of sp³-hybridized carbons (Fsp3) is 0.333. The van der Waals surface area contributed by atoms with Crippen LogP contribution < -0.4 is 9.47 Å². The number of hydrogen-bond acceptors (Lipinski definition) is 6. The first-order chi connectivity index (χ1) is 14.5. The lowest BCUT2D eigenvalue weighted by atomic mass is 10.2. The van der Waals surface area contributed by atoms with Gasteiger partial charge < -0.3 is 23.8 Å². The molecule has 0 unspecified atom stereocenters. The van der Waals surface area contributed by atoms with Crippen LogP contribution in [0.15, 0.2) is 36.4 Å². The number of ether oxygens (including phenoxy) is 4.